The number of phenolic OH excluding ortho intramolecular Hbond substituents is 1. The number of fused-ring (bicyclic) bond motifs is 1. The fourth-order valence-electron chi connectivity index (χ4n) is 3.78. The number of rotatable bonds is 5. The number of aryl methyl sites for hydroxylation is 1. The average molecular weight is 259 g/mol. The van der Waals surface area contributed by atoms with Gasteiger partial charge in [0.15, 0.2) is 0 Å². The van der Waals surface area contributed by atoms with Crippen LogP contribution in [0.4, 0.5) is 0 Å². The molecule has 0 aromatic heterocycles. The van der Waals surface area contributed by atoms with Crippen molar-refractivity contribution in [1.29, 1.82) is 0 Å². The molecule has 2 nitrogen and oxygen atoms in total. The average Bonchev–Trinajstić information content (AvgIpc) is 3.03. The molecule has 2 aliphatic rings. The fourth-order valence-corrected chi connectivity index (χ4v) is 3.78. The van der Waals surface area contributed by atoms with Crippen LogP contribution in [0, 0.1) is 5.92 Å². The van der Waals surface area contributed by atoms with E-state index in [9.17, 15) is 5.11 Å². The molecule has 1 aromatic rings. The third kappa shape index (κ3) is 3.11. The van der Waals surface area contributed by atoms with Crippen molar-refractivity contribution in [2.75, 3.05) is 6.54 Å². The van der Waals surface area contributed by atoms with Gasteiger partial charge in [0.25, 0.3) is 0 Å². The van der Waals surface area contributed by atoms with Crippen molar-refractivity contribution in [2.24, 2.45) is 5.92 Å². The second kappa shape index (κ2) is 5.96. The van der Waals surface area contributed by atoms with Crippen molar-refractivity contribution in [3.05, 3.63) is 29.3 Å². The maximum absolute atomic E-state index is 9.50. The van der Waals surface area contributed by atoms with Gasteiger partial charge in [-0.3, -0.25) is 0 Å². The van der Waals surface area contributed by atoms with Gasteiger partial charge in [0, 0.05) is 6.04 Å². The molecule has 1 atom stereocenters. The lowest BCUT2D eigenvalue weighted by molar-refractivity contribution is 0.447. The Balaban J connectivity index is 1.44. The molecule has 0 amide bonds. The van der Waals surface area contributed by atoms with Gasteiger partial charge >= 0.3 is 0 Å². The molecule has 0 saturated heterocycles. The maximum atomic E-state index is 9.50. The summed E-state index contributed by atoms with van der Waals surface area (Å²) < 4.78 is 0. The molecule has 104 valence electrons. The van der Waals surface area contributed by atoms with Crippen LogP contribution >= 0.6 is 0 Å². The van der Waals surface area contributed by atoms with E-state index < -0.39 is 0 Å². The Bertz CT molecular complexity index is 423. The van der Waals surface area contributed by atoms with Crippen LogP contribution < -0.4 is 5.32 Å². The molecule has 1 saturated carbocycles. The number of nitrogens with one attached hydrogen (secondary N) is 1. The first kappa shape index (κ1) is 13.0. The van der Waals surface area contributed by atoms with Crippen molar-refractivity contribution >= 4 is 0 Å². The minimum Gasteiger partial charge on any atom is -0.508 e. The van der Waals surface area contributed by atoms with Crippen LogP contribution in [-0.4, -0.2) is 11.7 Å². The lowest BCUT2D eigenvalue weighted by atomic mass is 10.0. The van der Waals surface area contributed by atoms with E-state index >= 15 is 0 Å². The highest BCUT2D eigenvalue weighted by Crippen LogP contribution is 2.33. The summed E-state index contributed by atoms with van der Waals surface area (Å²) in [5, 5.41) is 13.2. The van der Waals surface area contributed by atoms with E-state index in [0.29, 0.717) is 11.8 Å². The van der Waals surface area contributed by atoms with Crippen LogP contribution in [0.25, 0.3) is 0 Å². The molecule has 0 heterocycles. The Labute approximate surface area is 116 Å². The molecular weight excluding hydrogens is 234 g/mol. The van der Waals surface area contributed by atoms with E-state index in [2.05, 4.69) is 11.4 Å². The number of phenols is 1. The van der Waals surface area contributed by atoms with Gasteiger partial charge in [0.2, 0.25) is 0 Å². The third-order valence-electron chi connectivity index (χ3n) is 4.86. The molecule has 2 heteroatoms. The van der Waals surface area contributed by atoms with Crippen LogP contribution in [0.15, 0.2) is 18.2 Å². The molecule has 0 aliphatic heterocycles. The third-order valence-corrected chi connectivity index (χ3v) is 4.86. The molecule has 1 fully saturated rings. The Morgan fingerprint density at radius 1 is 1.16 bits per heavy atom. The Morgan fingerprint density at radius 2 is 2.00 bits per heavy atom. The number of hydrogen-bond acceptors (Lipinski definition) is 2. The van der Waals surface area contributed by atoms with E-state index in [1.165, 1.54) is 56.1 Å². The van der Waals surface area contributed by atoms with Gasteiger partial charge in [-0.15, -0.1) is 0 Å². The first-order chi connectivity index (χ1) is 9.33. The van der Waals surface area contributed by atoms with Crippen LogP contribution in [0.2, 0.25) is 0 Å². The highest BCUT2D eigenvalue weighted by molar-refractivity contribution is 5.39. The standard InChI is InChI=1S/C17H25NO/c19-15-8-9-16-14(12-15)7-10-17(16)18-11-3-6-13-4-1-2-5-13/h8-9,12-13,17-19H,1-7,10-11H2. The predicted octanol–water partition coefficient (Wildman–Crippen LogP) is 3.94. The molecular formula is C17H25NO. The van der Waals surface area contributed by atoms with Crippen LogP contribution in [0.1, 0.15) is 62.1 Å². The topological polar surface area (TPSA) is 32.3 Å². The van der Waals surface area contributed by atoms with Crippen LogP contribution in [-0.2, 0) is 6.42 Å². The van der Waals surface area contributed by atoms with Gasteiger partial charge in [-0.1, -0.05) is 31.7 Å². The van der Waals surface area contributed by atoms with E-state index in [0.717, 1.165) is 18.9 Å². The second-order valence-corrected chi connectivity index (χ2v) is 6.22. The van der Waals surface area contributed by atoms with Gasteiger partial charge in [-0.2, -0.15) is 0 Å². The molecule has 2 aliphatic carbocycles. The normalized spacial score (nSPS) is 22.8. The molecule has 0 bridgehead atoms. The Kier molecular flexibility index (Phi) is 4.07. The summed E-state index contributed by atoms with van der Waals surface area (Å²) in [7, 11) is 0. The summed E-state index contributed by atoms with van der Waals surface area (Å²) in [6.07, 6.45) is 10.8. The van der Waals surface area contributed by atoms with Crippen molar-refractivity contribution in [3.8, 4) is 5.75 Å². The van der Waals surface area contributed by atoms with Crippen molar-refractivity contribution in [1.82, 2.24) is 5.32 Å². The van der Waals surface area contributed by atoms with Crippen molar-refractivity contribution in [2.45, 2.75) is 57.4 Å². The van der Waals surface area contributed by atoms with Gasteiger partial charge < -0.3 is 10.4 Å². The van der Waals surface area contributed by atoms with Crippen molar-refractivity contribution in [3.63, 3.8) is 0 Å². The predicted molar refractivity (Wildman–Crippen MR) is 78.4 cm³/mol. The summed E-state index contributed by atoms with van der Waals surface area (Å²) in [6.45, 7) is 1.14. The van der Waals surface area contributed by atoms with Crippen LogP contribution in [0.5, 0.6) is 5.75 Å². The zero-order chi connectivity index (χ0) is 13.1. The SMILES string of the molecule is Oc1ccc2c(c1)CCC2NCCCC1CCCC1. The minimum atomic E-state index is 0.403. The zero-order valence-corrected chi connectivity index (χ0v) is 11.7. The van der Waals surface area contributed by atoms with Crippen molar-refractivity contribution < 1.29 is 5.11 Å². The fraction of sp³-hybridized carbons (Fsp3) is 0.647. The van der Waals surface area contributed by atoms with Gasteiger partial charge in [0.1, 0.15) is 5.75 Å². The smallest absolute Gasteiger partial charge is 0.115 e. The second-order valence-electron chi connectivity index (χ2n) is 6.22. The quantitative estimate of drug-likeness (QED) is 0.785. The first-order valence-corrected chi connectivity index (χ1v) is 7.88. The Hall–Kier alpha value is -1.02. The van der Waals surface area contributed by atoms with E-state index in [1.807, 2.05) is 12.1 Å². The molecule has 3 rings (SSSR count). The molecule has 2 N–H and O–H groups in total. The molecule has 0 spiro atoms. The van der Waals surface area contributed by atoms with Crippen LogP contribution in [0.3, 0.4) is 0 Å². The lowest BCUT2D eigenvalue weighted by Crippen LogP contribution is -2.20. The highest BCUT2D eigenvalue weighted by atomic mass is 16.3. The lowest BCUT2D eigenvalue weighted by Gasteiger charge is -2.15. The van der Waals surface area contributed by atoms with E-state index in [1.54, 1.807) is 0 Å². The summed E-state index contributed by atoms with van der Waals surface area (Å²) in [4.78, 5) is 0. The number of aromatic hydroxyl groups is 1. The van der Waals surface area contributed by atoms with Gasteiger partial charge in [-0.05, 0) is 61.4 Å². The molecule has 1 aromatic carbocycles. The number of hydrogen-bond donors (Lipinski definition) is 2. The molecule has 0 radical (unpaired) electrons. The van der Waals surface area contributed by atoms with E-state index in [4.69, 9.17) is 0 Å². The maximum Gasteiger partial charge on any atom is 0.115 e. The Morgan fingerprint density at radius 3 is 2.84 bits per heavy atom. The summed E-state index contributed by atoms with van der Waals surface area (Å²) >= 11 is 0. The molecule has 19 heavy (non-hydrogen) atoms. The van der Waals surface area contributed by atoms with Gasteiger partial charge in [0.05, 0.1) is 0 Å². The summed E-state index contributed by atoms with van der Waals surface area (Å²) in [5.74, 6) is 1.41. The first-order valence-electron chi connectivity index (χ1n) is 7.88. The largest absolute Gasteiger partial charge is 0.508 e. The highest BCUT2D eigenvalue weighted by Gasteiger charge is 2.22. The number of benzene rings is 1. The molecule has 1 unspecified atom stereocenters. The van der Waals surface area contributed by atoms with E-state index in [-0.39, 0.29) is 0 Å². The minimum absolute atomic E-state index is 0.403. The summed E-state index contributed by atoms with van der Waals surface area (Å²) in [6, 6.07) is 6.35. The zero-order valence-electron chi connectivity index (χ0n) is 11.7. The monoisotopic (exact) mass is 259 g/mol. The summed E-state index contributed by atoms with van der Waals surface area (Å²) in [5.41, 5.74) is 2.73. The van der Waals surface area contributed by atoms with Gasteiger partial charge in [-0.25, -0.2) is 0 Å².